The minimum Gasteiger partial charge on any atom is -0.493 e. The predicted molar refractivity (Wildman–Crippen MR) is 150 cm³/mol. The van der Waals surface area contributed by atoms with Gasteiger partial charge in [0.15, 0.2) is 5.13 Å². The van der Waals surface area contributed by atoms with Gasteiger partial charge < -0.3 is 31.2 Å². The van der Waals surface area contributed by atoms with Gasteiger partial charge in [-0.1, -0.05) is 48.5 Å². The lowest BCUT2D eigenvalue weighted by atomic mass is 10.0. The van der Waals surface area contributed by atoms with E-state index in [1.54, 1.807) is 24.3 Å². The average molecular weight is 569 g/mol. The van der Waals surface area contributed by atoms with Gasteiger partial charge >= 0.3 is 12.0 Å². The molecular formula is C27H32N6O6S. The number of para-hydroxylation sites is 1. The van der Waals surface area contributed by atoms with Crippen molar-refractivity contribution < 1.29 is 28.7 Å². The van der Waals surface area contributed by atoms with Gasteiger partial charge in [-0.05, 0) is 24.6 Å². The van der Waals surface area contributed by atoms with Crippen LogP contribution in [0.1, 0.15) is 40.5 Å². The zero-order valence-electron chi connectivity index (χ0n) is 22.0. The number of urea groups is 1. The normalized spacial score (nSPS) is 11.2. The van der Waals surface area contributed by atoms with E-state index in [4.69, 9.17) is 15.2 Å². The number of benzene rings is 2. The molecule has 0 bridgehead atoms. The first-order valence-corrected chi connectivity index (χ1v) is 13.4. The molecule has 6 N–H and O–H groups in total. The molecule has 12 nitrogen and oxygen atoms in total. The molecule has 0 saturated carbocycles. The van der Waals surface area contributed by atoms with Gasteiger partial charge in [0, 0.05) is 17.5 Å². The van der Waals surface area contributed by atoms with Crippen LogP contribution in [0.4, 0.5) is 9.93 Å². The Bertz CT molecular complexity index is 1290. The summed E-state index contributed by atoms with van der Waals surface area (Å²) in [6.45, 7) is 0.886. The maximum Gasteiger partial charge on any atom is 0.321 e. The van der Waals surface area contributed by atoms with Crippen LogP contribution in [-0.4, -0.2) is 55.6 Å². The van der Waals surface area contributed by atoms with Crippen molar-refractivity contribution in [2.24, 2.45) is 5.73 Å². The van der Waals surface area contributed by atoms with Crippen LogP contribution < -0.4 is 31.7 Å². The van der Waals surface area contributed by atoms with E-state index in [-0.39, 0.29) is 30.3 Å². The second kappa shape index (κ2) is 15.8. The van der Waals surface area contributed by atoms with E-state index >= 15 is 0 Å². The third-order valence-corrected chi connectivity index (χ3v) is 6.28. The lowest BCUT2D eigenvalue weighted by Crippen LogP contribution is -2.39. The second-order valence-electron chi connectivity index (χ2n) is 8.44. The van der Waals surface area contributed by atoms with Crippen molar-refractivity contribution in [2.75, 3.05) is 32.1 Å². The number of nitrogens with one attached hydrogen (secondary N) is 4. The van der Waals surface area contributed by atoms with Crippen LogP contribution >= 0.6 is 11.3 Å². The highest BCUT2D eigenvalue weighted by atomic mass is 32.1. The molecule has 2 aromatic carbocycles. The number of rotatable bonds is 14. The van der Waals surface area contributed by atoms with E-state index in [0.29, 0.717) is 18.9 Å². The van der Waals surface area contributed by atoms with Gasteiger partial charge in [0.1, 0.15) is 11.4 Å². The fourth-order valence-electron chi connectivity index (χ4n) is 3.49. The van der Waals surface area contributed by atoms with Gasteiger partial charge in [-0.3, -0.25) is 19.7 Å². The molecule has 0 spiro atoms. The minimum absolute atomic E-state index is 0.0425. The molecule has 13 heteroatoms. The quantitative estimate of drug-likeness (QED) is 0.146. The van der Waals surface area contributed by atoms with Gasteiger partial charge in [0.25, 0.3) is 5.91 Å². The number of hydrogen-bond donors (Lipinski definition) is 5. The maximum atomic E-state index is 12.5. The lowest BCUT2D eigenvalue weighted by molar-refractivity contribution is -0.141. The Hall–Kier alpha value is -4.49. The molecule has 212 valence electrons. The highest BCUT2D eigenvalue weighted by molar-refractivity contribution is 7.14. The summed E-state index contributed by atoms with van der Waals surface area (Å²) in [5, 5.41) is 12.2. The SMILES string of the molecule is COC(=O)CC(NC(=O)CNC(=O)c1csc(NC(=O)NCc2ccccc2OCCCN)n1)c1ccccc1. The smallest absolute Gasteiger partial charge is 0.321 e. The van der Waals surface area contributed by atoms with Crippen molar-refractivity contribution in [1.29, 1.82) is 0 Å². The molecule has 0 aliphatic carbocycles. The van der Waals surface area contributed by atoms with Crippen molar-refractivity contribution in [1.82, 2.24) is 20.9 Å². The van der Waals surface area contributed by atoms with Crippen molar-refractivity contribution in [3.63, 3.8) is 0 Å². The van der Waals surface area contributed by atoms with Crippen molar-refractivity contribution in [2.45, 2.75) is 25.4 Å². The number of carbonyl (C=O) groups excluding carboxylic acids is 4. The van der Waals surface area contributed by atoms with Crippen LogP contribution in [0.2, 0.25) is 0 Å². The molecule has 1 heterocycles. The molecule has 0 aliphatic heterocycles. The number of esters is 1. The Morgan fingerprint density at radius 3 is 2.52 bits per heavy atom. The number of methoxy groups -OCH3 is 1. The summed E-state index contributed by atoms with van der Waals surface area (Å²) in [6.07, 6.45) is 0.659. The largest absolute Gasteiger partial charge is 0.493 e. The Kier molecular flexibility index (Phi) is 11.9. The molecule has 0 radical (unpaired) electrons. The third-order valence-electron chi connectivity index (χ3n) is 5.52. The first-order chi connectivity index (χ1) is 19.4. The predicted octanol–water partition coefficient (Wildman–Crippen LogP) is 2.34. The van der Waals surface area contributed by atoms with E-state index in [1.165, 1.54) is 12.5 Å². The average Bonchev–Trinajstić information content (AvgIpc) is 3.44. The number of aromatic nitrogens is 1. The van der Waals surface area contributed by atoms with E-state index in [2.05, 4.69) is 26.3 Å². The second-order valence-corrected chi connectivity index (χ2v) is 9.30. The fourth-order valence-corrected chi connectivity index (χ4v) is 4.18. The summed E-state index contributed by atoms with van der Waals surface area (Å²) in [6, 6.07) is 15.2. The number of thiazole rings is 1. The minimum atomic E-state index is -0.615. The third kappa shape index (κ3) is 9.67. The Morgan fingerprint density at radius 2 is 1.77 bits per heavy atom. The molecule has 1 unspecified atom stereocenters. The molecule has 4 amide bonds. The van der Waals surface area contributed by atoms with Crippen LogP contribution in [-0.2, 0) is 20.9 Å². The van der Waals surface area contributed by atoms with Crippen LogP contribution in [0.3, 0.4) is 0 Å². The van der Waals surface area contributed by atoms with Crippen LogP contribution in [0, 0.1) is 0 Å². The lowest BCUT2D eigenvalue weighted by Gasteiger charge is -2.18. The number of carbonyl (C=O) groups is 4. The van der Waals surface area contributed by atoms with Crippen LogP contribution in [0.25, 0.3) is 0 Å². The summed E-state index contributed by atoms with van der Waals surface area (Å²) < 4.78 is 10.4. The number of nitrogens with zero attached hydrogens (tertiary/aromatic N) is 1. The van der Waals surface area contributed by atoms with Crippen LogP contribution in [0.5, 0.6) is 5.75 Å². The maximum absolute atomic E-state index is 12.5. The Morgan fingerprint density at radius 1 is 1.02 bits per heavy atom. The number of amides is 4. The summed E-state index contributed by atoms with van der Waals surface area (Å²) in [7, 11) is 1.27. The summed E-state index contributed by atoms with van der Waals surface area (Å²) in [5.41, 5.74) is 7.07. The summed E-state index contributed by atoms with van der Waals surface area (Å²) >= 11 is 1.06. The number of ether oxygens (including phenoxy) is 2. The highest BCUT2D eigenvalue weighted by Gasteiger charge is 2.20. The van der Waals surface area contributed by atoms with E-state index in [0.717, 1.165) is 28.9 Å². The van der Waals surface area contributed by atoms with Gasteiger partial charge in [-0.15, -0.1) is 11.3 Å². The molecule has 0 fully saturated rings. The van der Waals surface area contributed by atoms with E-state index < -0.39 is 29.9 Å². The Balaban J connectivity index is 1.47. The van der Waals surface area contributed by atoms with Gasteiger partial charge in [-0.25, -0.2) is 9.78 Å². The molecule has 1 aromatic heterocycles. The van der Waals surface area contributed by atoms with Crippen molar-refractivity contribution in [3.8, 4) is 5.75 Å². The molecule has 0 aliphatic rings. The monoisotopic (exact) mass is 568 g/mol. The van der Waals surface area contributed by atoms with Gasteiger partial charge in [0.2, 0.25) is 5.91 Å². The zero-order chi connectivity index (χ0) is 28.7. The standard InChI is InChI=1S/C27H32N6O6S/c1-38-24(35)14-20(18-8-3-2-4-9-18)31-23(34)16-29-25(36)21-17-40-27(32-21)33-26(37)30-15-19-10-5-6-11-22(19)39-13-7-12-28/h2-6,8-11,17,20H,7,12-16,28H2,1H3,(H,29,36)(H,31,34)(H2,30,32,33,37). The molecule has 3 rings (SSSR count). The number of anilines is 1. The number of nitrogens with two attached hydrogens (primary N) is 1. The van der Waals surface area contributed by atoms with Gasteiger partial charge in [0.05, 0.1) is 32.7 Å². The van der Waals surface area contributed by atoms with Crippen molar-refractivity contribution >= 4 is 40.3 Å². The fraction of sp³-hybridized carbons (Fsp3) is 0.296. The van der Waals surface area contributed by atoms with Crippen molar-refractivity contribution in [3.05, 3.63) is 76.8 Å². The molecular weight excluding hydrogens is 536 g/mol. The Labute approximate surface area is 235 Å². The van der Waals surface area contributed by atoms with Gasteiger partial charge in [-0.2, -0.15) is 0 Å². The number of hydrogen-bond acceptors (Lipinski definition) is 9. The van der Waals surface area contributed by atoms with E-state index in [1.807, 2.05) is 30.3 Å². The molecule has 0 saturated heterocycles. The highest BCUT2D eigenvalue weighted by Crippen LogP contribution is 2.19. The first kappa shape index (κ1) is 30.1. The molecule has 40 heavy (non-hydrogen) atoms. The first-order valence-electron chi connectivity index (χ1n) is 12.5. The topological polar surface area (TPSA) is 174 Å². The molecule has 3 aromatic rings. The zero-order valence-corrected chi connectivity index (χ0v) is 22.8. The summed E-state index contributed by atoms with van der Waals surface area (Å²) in [4.78, 5) is 53.3. The van der Waals surface area contributed by atoms with Crippen LogP contribution in [0.15, 0.2) is 60.0 Å². The summed E-state index contributed by atoms with van der Waals surface area (Å²) in [5.74, 6) is -0.905. The molecule has 1 atom stereocenters. The van der Waals surface area contributed by atoms with E-state index in [9.17, 15) is 19.2 Å².